The van der Waals surface area contributed by atoms with Crippen molar-refractivity contribution < 1.29 is 9.00 Å². The zero-order chi connectivity index (χ0) is 18.7. The summed E-state index contributed by atoms with van der Waals surface area (Å²) in [5, 5.41) is 6.80. The summed E-state index contributed by atoms with van der Waals surface area (Å²) in [5.41, 5.74) is 3.83. The Morgan fingerprint density at radius 2 is 2.00 bits per heavy atom. The van der Waals surface area contributed by atoms with E-state index in [1.165, 1.54) is 6.33 Å². The highest BCUT2D eigenvalue weighted by Crippen LogP contribution is 2.23. The quantitative estimate of drug-likeness (QED) is 0.723. The summed E-state index contributed by atoms with van der Waals surface area (Å²) in [6, 6.07) is 11.0. The molecule has 0 aliphatic heterocycles. The third-order valence-electron chi connectivity index (χ3n) is 4.19. The summed E-state index contributed by atoms with van der Waals surface area (Å²) in [5.74, 6) is 0.974. The van der Waals surface area contributed by atoms with Gasteiger partial charge in [0.1, 0.15) is 12.1 Å². The third kappa shape index (κ3) is 3.72. The molecule has 6 nitrogen and oxygen atoms in total. The molecule has 0 aliphatic rings. The molecule has 26 heavy (non-hydrogen) atoms. The van der Waals surface area contributed by atoms with Crippen molar-refractivity contribution in [1.29, 1.82) is 0 Å². The van der Waals surface area contributed by atoms with Gasteiger partial charge in [-0.15, -0.1) is 0 Å². The molecule has 1 atom stereocenters. The molecule has 1 amide bonds. The van der Waals surface area contributed by atoms with Crippen molar-refractivity contribution in [1.82, 2.24) is 9.97 Å². The topological polar surface area (TPSA) is 84.0 Å². The third-order valence-corrected chi connectivity index (χ3v) is 4.91. The molecule has 0 saturated carbocycles. The van der Waals surface area contributed by atoms with Gasteiger partial charge in [-0.05, 0) is 42.3 Å². The second kappa shape index (κ2) is 7.61. The maximum Gasteiger partial charge on any atom is 0.255 e. The number of nitrogens with zero attached hydrogens (tertiary/aromatic N) is 2. The fourth-order valence-corrected chi connectivity index (χ4v) is 3.54. The first-order valence-corrected chi connectivity index (χ1v) is 9.84. The molecule has 7 heteroatoms. The lowest BCUT2D eigenvalue weighted by Crippen LogP contribution is -2.13. The Morgan fingerprint density at radius 3 is 2.73 bits per heavy atom. The lowest BCUT2D eigenvalue weighted by Gasteiger charge is -2.12. The normalized spacial score (nSPS) is 12.0. The zero-order valence-corrected chi connectivity index (χ0v) is 15.7. The van der Waals surface area contributed by atoms with Gasteiger partial charge in [0.05, 0.1) is 5.52 Å². The summed E-state index contributed by atoms with van der Waals surface area (Å²) < 4.78 is 11.5. The molecular formula is C19H20N4O2S. The number of aromatic nitrogens is 2. The number of rotatable bonds is 5. The molecule has 0 aliphatic carbocycles. The fraction of sp³-hybridized carbons (Fsp3) is 0.211. The highest BCUT2D eigenvalue weighted by Gasteiger charge is 2.12. The van der Waals surface area contributed by atoms with Gasteiger partial charge < -0.3 is 10.6 Å². The molecule has 134 valence electrons. The Hall–Kier alpha value is -2.80. The van der Waals surface area contributed by atoms with E-state index in [0.29, 0.717) is 16.8 Å². The molecule has 0 radical (unpaired) electrons. The van der Waals surface area contributed by atoms with E-state index in [-0.39, 0.29) is 5.91 Å². The number of nitrogens with one attached hydrogen (secondary N) is 2. The first kappa shape index (κ1) is 18.0. The lowest BCUT2D eigenvalue weighted by molar-refractivity contribution is 0.102. The van der Waals surface area contributed by atoms with Crippen LogP contribution in [-0.2, 0) is 16.6 Å². The molecule has 1 aromatic heterocycles. The van der Waals surface area contributed by atoms with Gasteiger partial charge in [0.2, 0.25) is 0 Å². The van der Waals surface area contributed by atoms with Crippen LogP contribution in [0, 0.1) is 6.92 Å². The van der Waals surface area contributed by atoms with E-state index in [4.69, 9.17) is 0 Å². The maximum atomic E-state index is 12.7. The van der Waals surface area contributed by atoms with Gasteiger partial charge in [0.25, 0.3) is 5.91 Å². The second-order valence-corrected chi connectivity index (χ2v) is 7.40. The zero-order valence-electron chi connectivity index (χ0n) is 14.9. The van der Waals surface area contributed by atoms with E-state index in [0.717, 1.165) is 28.0 Å². The van der Waals surface area contributed by atoms with Crippen LogP contribution in [0.25, 0.3) is 10.9 Å². The highest BCUT2D eigenvalue weighted by atomic mass is 32.2. The van der Waals surface area contributed by atoms with Crippen molar-refractivity contribution >= 4 is 39.1 Å². The van der Waals surface area contributed by atoms with E-state index in [1.807, 2.05) is 31.2 Å². The van der Waals surface area contributed by atoms with E-state index in [9.17, 15) is 9.00 Å². The Labute approximate surface area is 154 Å². The van der Waals surface area contributed by atoms with Crippen LogP contribution in [0.2, 0.25) is 0 Å². The number of benzene rings is 2. The molecule has 0 bridgehead atoms. The number of carbonyl (C=O) groups is 1. The van der Waals surface area contributed by atoms with Crippen molar-refractivity contribution in [3.63, 3.8) is 0 Å². The van der Waals surface area contributed by atoms with Crippen LogP contribution in [-0.4, -0.2) is 33.4 Å². The van der Waals surface area contributed by atoms with E-state index in [1.54, 1.807) is 25.4 Å². The summed E-state index contributed by atoms with van der Waals surface area (Å²) in [7, 11) is 0.858. The number of fused-ring (bicyclic) bond motifs is 1. The number of anilines is 2. The number of carbonyl (C=O) groups excluding carboxylic acids is 1. The first-order valence-electron chi connectivity index (χ1n) is 8.12. The van der Waals surface area contributed by atoms with Gasteiger partial charge in [-0.25, -0.2) is 9.97 Å². The smallest absolute Gasteiger partial charge is 0.255 e. The minimum absolute atomic E-state index is 0.214. The van der Waals surface area contributed by atoms with Crippen molar-refractivity contribution in [3.05, 3.63) is 59.4 Å². The van der Waals surface area contributed by atoms with Crippen molar-refractivity contribution in [2.75, 3.05) is 23.9 Å². The number of hydrogen-bond acceptors (Lipinski definition) is 5. The average molecular weight is 368 g/mol. The van der Waals surface area contributed by atoms with Crippen LogP contribution in [0.4, 0.5) is 11.5 Å². The van der Waals surface area contributed by atoms with Crippen LogP contribution in [0.5, 0.6) is 0 Å². The standard InChI is InChI=1S/C19H20N4O2S/c1-12-14(10-26(3)25)5-4-6-16(12)23-19(24)13-7-8-15-17(9-13)21-11-22-18(15)20-2/h4-9,11H,10H2,1-3H3,(H,23,24)(H,20,21,22). The van der Waals surface area contributed by atoms with E-state index >= 15 is 0 Å². The summed E-state index contributed by atoms with van der Waals surface area (Å²) in [6.07, 6.45) is 3.13. The summed E-state index contributed by atoms with van der Waals surface area (Å²) in [4.78, 5) is 21.1. The SMILES string of the molecule is CNc1ncnc2cc(C(=O)Nc3cccc(CS(C)=O)c3C)ccc12. The van der Waals surface area contributed by atoms with Crippen molar-refractivity contribution in [3.8, 4) is 0 Å². The van der Waals surface area contributed by atoms with Gasteiger partial charge in [-0.2, -0.15) is 0 Å². The van der Waals surface area contributed by atoms with E-state index < -0.39 is 10.8 Å². The Morgan fingerprint density at radius 1 is 1.19 bits per heavy atom. The number of hydrogen-bond donors (Lipinski definition) is 2. The van der Waals surface area contributed by atoms with Gasteiger partial charge in [0.15, 0.2) is 0 Å². The molecule has 1 unspecified atom stereocenters. The second-order valence-electron chi connectivity index (χ2n) is 5.97. The Bertz CT molecular complexity index is 1000. The Balaban J connectivity index is 1.89. The first-order chi connectivity index (χ1) is 12.5. The van der Waals surface area contributed by atoms with Crippen LogP contribution >= 0.6 is 0 Å². The molecule has 1 heterocycles. The fourth-order valence-electron chi connectivity index (χ4n) is 2.79. The van der Waals surface area contributed by atoms with Gasteiger partial charge in [-0.1, -0.05) is 12.1 Å². The van der Waals surface area contributed by atoms with Gasteiger partial charge in [-0.3, -0.25) is 9.00 Å². The minimum atomic E-state index is -0.936. The minimum Gasteiger partial charge on any atom is -0.373 e. The summed E-state index contributed by atoms with van der Waals surface area (Å²) >= 11 is 0. The predicted octanol–water partition coefficient (Wildman–Crippen LogP) is 3.11. The van der Waals surface area contributed by atoms with Crippen LogP contribution < -0.4 is 10.6 Å². The van der Waals surface area contributed by atoms with Crippen LogP contribution in [0.3, 0.4) is 0 Å². The van der Waals surface area contributed by atoms with Crippen molar-refractivity contribution in [2.45, 2.75) is 12.7 Å². The monoisotopic (exact) mass is 368 g/mol. The molecule has 3 aromatic rings. The van der Waals surface area contributed by atoms with E-state index in [2.05, 4.69) is 20.6 Å². The summed E-state index contributed by atoms with van der Waals surface area (Å²) in [6.45, 7) is 1.92. The molecule has 2 aromatic carbocycles. The Kier molecular flexibility index (Phi) is 5.27. The highest BCUT2D eigenvalue weighted by molar-refractivity contribution is 7.83. The largest absolute Gasteiger partial charge is 0.373 e. The maximum absolute atomic E-state index is 12.7. The molecular weight excluding hydrogens is 348 g/mol. The molecule has 2 N–H and O–H groups in total. The number of amides is 1. The van der Waals surface area contributed by atoms with Gasteiger partial charge >= 0.3 is 0 Å². The lowest BCUT2D eigenvalue weighted by atomic mass is 10.1. The van der Waals surface area contributed by atoms with Crippen molar-refractivity contribution in [2.24, 2.45) is 0 Å². The van der Waals surface area contributed by atoms with Crippen LogP contribution in [0.1, 0.15) is 21.5 Å². The molecule has 0 spiro atoms. The molecule has 3 rings (SSSR count). The van der Waals surface area contributed by atoms with Crippen LogP contribution in [0.15, 0.2) is 42.7 Å². The molecule has 0 fully saturated rings. The average Bonchev–Trinajstić information content (AvgIpc) is 2.63. The predicted molar refractivity (Wildman–Crippen MR) is 106 cm³/mol. The molecule has 0 saturated heterocycles. The van der Waals surface area contributed by atoms with Gasteiger partial charge in [0, 0.05) is 46.5 Å².